The van der Waals surface area contributed by atoms with Crippen molar-refractivity contribution in [3.05, 3.63) is 84.1 Å². The maximum Gasteiger partial charge on any atom is 0.253 e. The highest BCUT2D eigenvalue weighted by molar-refractivity contribution is 5.94. The largest absolute Gasteiger partial charge is 0.359 e. The lowest BCUT2D eigenvalue weighted by Crippen LogP contribution is -2.24. The van der Waals surface area contributed by atoms with Crippen molar-refractivity contribution in [2.24, 2.45) is 0 Å². The molecular formula is C20H21N5O. The van der Waals surface area contributed by atoms with Crippen LogP contribution in [0.5, 0.6) is 0 Å². The molecule has 26 heavy (non-hydrogen) atoms. The van der Waals surface area contributed by atoms with E-state index >= 15 is 0 Å². The number of nitrogens with zero attached hydrogens (tertiary/aromatic N) is 4. The number of anilines is 1. The fourth-order valence-corrected chi connectivity index (χ4v) is 2.49. The Morgan fingerprint density at radius 3 is 2.54 bits per heavy atom. The van der Waals surface area contributed by atoms with Crippen molar-refractivity contribution in [2.45, 2.75) is 13.0 Å². The molecule has 0 aromatic carbocycles. The van der Waals surface area contributed by atoms with Gasteiger partial charge in [0.15, 0.2) is 0 Å². The standard InChI is InChI=1S/C20H21N5O/c1-25(12-8-16-6-10-21-11-7-16)19-5-4-18(15-23-19)20(26)24-14-17-3-2-9-22-13-17/h2-7,9-11,13,15H,8,12,14H2,1H3,(H,24,26). The van der Waals surface area contributed by atoms with Crippen molar-refractivity contribution >= 4 is 11.7 Å². The van der Waals surface area contributed by atoms with E-state index in [1.807, 2.05) is 37.4 Å². The molecule has 0 aliphatic rings. The number of nitrogens with one attached hydrogen (secondary N) is 1. The van der Waals surface area contributed by atoms with E-state index in [4.69, 9.17) is 0 Å². The van der Waals surface area contributed by atoms with Crippen LogP contribution in [0.25, 0.3) is 0 Å². The van der Waals surface area contributed by atoms with Gasteiger partial charge in [0, 0.05) is 51.1 Å². The molecule has 0 spiro atoms. The summed E-state index contributed by atoms with van der Waals surface area (Å²) in [7, 11) is 1.99. The molecule has 0 bridgehead atoms. The maximum atomic E-state index is 12.2. The molecule has 0 aliphatic carbocycles. The Hall–Kier alpha value is -3.28. The van der Waals surface area contributed by atoms with Crippen LogP contribution in [0.1, 0.15) is 21.5 Å². The molecule has 1 amide bonds. The van der Waals surface area contributed by atoms with E-state index in [1.165, 1.54) is 5.56 Å². The molecule has 1 N–H and O–H groups in total. The van der Waals surface area contributed by atoms with Crippen molar-refractivity contribution in [3.8, 4) is 0 Å². The predicted octanol–water partition coefficient (Wildman–Crippen LogP) is 2.48. The van der Waals surface area contributed by atoms with Crippen molar-refractivity contribution < 1.29 is 4.79 Å². The molecule has 0 aliphatic heterocycles. The predicted molar refractivity (Wildman–Crippen MR) is 101 cm³/mol. The zero-order valence-electron chi connectivity index (χ0n) is 14.7. The molecule has 3 aromatic heterocycles. The summed E-state index contributed by atoms with van der Waals surface area (Å²) in [6.07, 6.45) is 9.56. The highest BCUT2D eigenvalue weighted by Gasteiger charge is 2.08. The number of carbonyl (C=O) groups excluding carboxylic acids is 1. The summed E-state index contributed by atoms with van der Waals surface area (Å²) in [5, 5.41) is 2.87. The molecule has 6 heteroatoms. The number of hydrogen-bond acceptors (Lipinski definition) is 5. The Morgan fingerprint density at radius 1 is 1.00 bits per heavy atom. The fourth-order valence-electron chi connectivity index (χ4n) is 2.49. The summed E-state index contributed by atoms with van der Waals surface area (Å²) < 4.78 is 0. The lowest BCUT2D eigenvalue weighted by atomic mass is 10.2. The third kappa shape index (κ3) is 4.86. The Bertz CT molecular complexity index is 822. The van der Waals surface area contributed by atoms with E-state index in [-0.39, 0.29) is 5.91 Å². The molecule has 3 rings (SSSR count). The van der Waals surface area contributed by atoms with Gasteiger partial charge in [0.2, 0.25) is 0 Å². The minimum Gasteiger partial charge on any atom is -0.359 e. The molecule has 0 saturated heterocycles. The maximum absolute atomic E-state index is 12.2. The van der Waals surface area contributed by atoms with E-state index in [9.17, 15) is 4.79 Å². The zero-order chi connectivity index (χ0) is 18.2. The molecule has 3 heterocycles. The number of rotatable bonds is 7. The van der Waals surface area contributed by atoms with Crippen LogP contribution >= 0.6 is 0 Å². The quantitative estimate of drug-likeness (QED) is 0.711. The monoisotopic (exact) mass is 347 g/mol. The smallest absolute Gasteiger partial charge is 0.253 e. The number of hydrogen-bond donors (Lipinski definition) is 1. The van der Waals surface area contributed by atoms with Crippen molar-refractivity contribution in [1.82, 2.24) is 20.3 Å². The Kier molecular flexibility index (Phi) is 5.88. The molecule has 0 unspecified atom stereocenters. The molecule has 6 nitrogen and oxygen atoms in total. The minimum atomic E-state index is -0.146. The van der Waals surface area contributed by atoms with Crippen LogP contribution in [0, 0.1) is 0 Å². The highest BCUT2D eigenvalue weighted by atomic mass is 16.1. The number of amides is 1. The molecule has 132 valence electrons. The van der Waals surface area contributed by atoms with Gasteiger partial charge in [0.25, 0.3) is 5.91 Å². The average molecular weight is 347 g/mol. The van der Waals surface area contributed by atoms with Crippen LogP contribution in [0.2, 0.25) is 0 Å². The van der Waals surface area contributed by atoms with E-state index in [0.29, 0.717) is 12.1 Å². The third-order valence-corrected chi connectivity index (χ3v) is 4.06. The van der Waals surface area contributed by atoms with Gasteiger partial charge in [0.05, 0.1) is 5.56 Å². The van der Waals surface area contributed by atoms with Gasteiger partial charge in [-0.2, -0.15) is 0 Å². The molecule has 0 saturated carbocycles. The third-order valence-electron chi connectivity index (χ3n) is 4.06. The first-order valence-electron chi connectivity index (χ1n) is 8.45. The van der Waals surface area contributed by atoms with Gasteiger partial charge < -0.3 is 10.2 Å². The van der Waals surface area contributed by atoms with Crippen molar-refractivity contribution in [1.29, 1.82) is 0 Å². The van der Waals surface area contributed by atoms with Crippen LogP contribution in [-0.4, -0.2) is 34.5 Å². The lowest BCUT2D eigenvalue weighted by Gasteiger charge is -2.18. The molecule has 3 aromatic rings. The molecule has 0 fully saturated rings. The molecule has 0 radical (unpaired) electrons. The molecular weight excluding hydrogens is 326 g/mol. The topological polar surface area (TPSA) is 71.0 Å². The summed E-state index contributed by atoms with van der Waals surface area (Å²) >= 11 is 0. The van der Waals surface area contributed by atoms with Crippen molar-refractivity contribution in [2.75, 3.05) is 18.5 Å². The number of pyridine rings is 3. The first kappa shape index (κ1) is 17.5. The molecule has 0 atom stereocenters. The normalized spacial score (nSPS) is 10.3. The van der Waals surface area contributed by atoms with Gasteiger partial charge in [0.1, 0.15) is 5.82 Å². The van der Waals surface area contributed by atoms with Crippen LogP contribution in [0.15, 0.2) is 67.4 Å². The lowest BCUT2D eigenvalue weighted by molar-refractivity contribution is 0.0950. The van der Waals surface area contributed by atoms with Crippen LogP contribution < -0.4 is 10.2 Å². The fraction of sp³-hybridized carbons (Fsp3) is 0.200. The summed E-state index contributed by atoms with van der Waals surface area (Å²) in [5.74, 6) is 0.690. The van der Waals surface area contributed by atoms with E-state index in [0.717, 1.165) is 24.3 Å². The first-order chi connectivity index (χ1) is 12.7. The second-order valence-corrected chi connectivity index (χ2v) is 5.98. The zero-order valence-corrected chi connectivity index (χ0v) is 14.7. The van der Waals surface area contributed by atoms with E-state index < -0.39 is 0 Å². The van der Waals surface area contributed by atoms with Gasteiger partial charge in [-0.1, -0.05) is 6.07 Å². The van der Waals surface area contributed by atoms with Gasteiger partial charge >= 0.3 is 0 Å². The number of aromatic nitrogens is 3. The van der Waals surface area contributed by atoms with Gasteiger partial charge in [-0.15, -0.1) is 0 Å². The summed E-state index contributed by atoms with van der Waals surface area (Å²) in [6, 6.07) is 11.5. The first-order valence-corrected chi connectivity index (χ1v) is 8.45. The highest BCUT2D eigenvalue weighted by Crippen LogP contribution is 2.11. The summed E-state index contributed by atoms with van der Waals surface area (Å²) in [6.45, 7) is 1.28. The second-order valence-electron chi connectivity index (χ2n) is 5.98. The Balaban J connectivity index is 1.53. The average Bonchev–Trinajstić information content (AvgIpc) is 2.72. The Labute approximate surface area is 153 Å². The second kappa shape index (κ2) is 8.71. The number of likely N-dealkylation sites (N-methyl/N-ethyl adjacent to an activating group) is 1. The number of carbonyl (C=O) groups is 1. The van der Waals surface area contributed by atoms with Gasteiger partial charge in [-0.25, -0.2) is 4.98 Å². The summed E-state index contributed by atoms with van der Waals surface area (Å²) in [4.78, 5) is 26.8. The Morgan fingerprint density at radius 2 is 1.85 bits per heavy atom. The summed E-state index contributed by atoms with van der Waals surface area (Å²) in [5.41, 5.74) is 2.74. The van der Waals surface area contributed by atoms with Gasteiger partial charge in [-0.05, 0) is 47.9 Å². The van der Waals surface area contributed by atoms with Gasteiger partial charge in [-0.3, -0.25) is 14.8 Å². The SMILES string of the molecule is CN(CCc1ccncc1)c1ccc(C(=O)NCc2cccnc2)cn1. The van der Waals surface area contributed by atoms with Crippen LogP contribution in [0.4, 0.5) is 5.82 Å². The van der Waals surface area contributed by atoms with E-state index in [1.54, 1.807) is 37.1 Å². The minimum absolute atomic E-state index is 0.146. The van der Waals surface area contributed by atoms with Crippen LogP contribution in [0.3, 0.4) is 0 Å². The van der Waals surface area contributed by atoms with Crippen molar-refractivity contribution in [3.63, 3.8) is 0 Å². The van der Waals surface area contributed by atoms with Crippen LogP contribution in [-0.2, 0) is 13.0 Å². The van der Waals surface area contributed by atoms with E-state index in [2.05, 4.69) is 25.2 Å².